The second-order valence-corrected chi connectivity index (χ2v) is 4.42. The van der Waals surface area contributed by atoms with Crippen LogP contribution < -0.4 is 10.6 Å². The number of anilines is 2. The van der Waals surface area contributed by atoms with Gasteiger partial charge in [0, 0.05) is 22.8 Å². The summed E-state index contributed by atoms with van der Waals surface area (Å²) >= 11 is 0. The third-order valence-electron chi connectivity index (χ3n) is 2.81. The maximum atomic E-state index is 3.81. The van der Waals surface area contributed by atoms with Crippen LogP contribution >= 0.6 is 0 Å². The topological polar surface area (TPSA) is 24.1 Å². The van der Waals surface area contributed by atoms with Crippen molar-refractivity contribution in [2.75, 3.05) is 10.6 Å². The van der Waals surface area contributed by atoms with Crippen molar-refractivity contribution in [2.45, 2.75) is 20.8 Å². The zero-order valence-electron chi connectivity index (χ0n) is 13.1. The molecular weight excluding hydrogens is 256 g/mol. The molecule has 1 rings (SSSR count). The predicted molar refractivity (Wildman–Crippen MR) is 95.4 cm³/mol. The van der Waals surface area contributed by atoms with Crippen molar-refractivity contribution in [1.29, 1.82) is 0 Å². The molecule has 0 atom stereocenters. The smallest absolute Gasteiger partial charge is 0.0385 e. The van der Waals surface area contributed by atoms with Crippen molar-refractivity contribution in [2.24, 2.45) is 0 Å². The molecule has 0 aliphatic heterocycles. The highest BCUT2D eigenvalue weighted by molar-refractivity contribution is 5.59. The summed E-state index contributed by atoms with van der Waals surface area (Å²) in [6.45, 7) is 9.81. The Morgan fingerprint density at radius 1 is 0.905 bits per heavy atom. The molecule has 0 amide bonds. The quantitative estimate of drug-likeness (QED) is 0.632. The van der Waals surface area contributed by atoms with Crippen LogP contribution in [0.1, 0.15) is 20.8 Å². The van der Waals surface area contributed by atoms with Crippen molar-refractivity contribution >= 4 is 11.4 Å². The van der Waals surface area contributed by atoms with Gasteiger partial charge in [0.25, 0.3) is 0 Å². The Kier molecular flexibility index (Phi) is 7.44. The molecule has 0 heterocycles. The summed E-state index contributed by atoms with van der Waals surface area (Å²) in [6.07, 6.45) is 13.9. The Morgan fingerprint density at radius 3 is 1.90 bits per heavy atom. The summed E-state index contributed by atoms with van der Waals surface area (Å²) in [4.78, 5) is 0. The van der Waals surface area contributed by atoms with E-state index in [-0.39, 0.29) is 0 Å². The molecule has 2 heteroatoms. The summed E-state index contributed by atoms with van der Waals surface area (Å²) in [6, 6.07) is 8.17. The van der Waals surface area contributed by atoms with E-state index in [0.717, 1.165) is 22.8 Å². The standard InChI is InChI=1S/C19H24N2/c1-5-9-11-17(8-4)21-19-14-12-18(13-15-19)20-16(7-3)10-6-2/h5-15,20-21H,4H2,1-3H3/b9-5-,10-6-,16-7+,17-11+. The number of rotatable bonds is 7. The average Bonchev–Trinajstić information content (AvgIpc) is 2.52. The molecule has 0 bridgehead atoms. The molecule has 2 N–H and O–H groups in total. The average molecular weight is 280 g/mol. The zero-order chi connectivity index (χ0) is 15.5. The van der Waals surface area contributed by atoms with Crippen LogP contribution in [0.15, 0.2) is 84.8 Å². The molecule has 2 nitrogen and oxygen atoms in total. The van der Waals surface area contributed by atoms with E-state index in [9.17, 15) is 0 Å². The first-order valence-electron chi connectivity index (χ1n) is 7.12. The molecule has 0 unspecified atom stereocenters. The van der Waals surface area contributed by atoms with E-state index in [1.165, 1.54) is 0 Å². The lowest BCUT2D eigenvalue weighted by atomic mass is 10.2. The summed E-state index contributed by atoms with van der Waals surface area (Å²) in [5.74, 6) is 0. The molecule has 0 aliphatic carbocycles. The van der Waals surface area contributed by atoms with Gasteiger partial charge in [-0.2, -0.15) is 0 Å². The lowest BCUT2D eigenvalue weighted by Gasteiger charge is -2.10. The van der Waals surface area contributed by atoms with Crippen LogP contribution in [0.4, 0.5) is 11.4 Å². The van der Waals surface area contributed by atoms with Gasteiger partial charge in [-0.05, 0) is 63.3 Å². The fraction of sp³-hybridized carbons (Fsp3) is 0.158. The monoisotopic (exact) mass is 280 g/mol. The van der Waals surface area contributed by atoms with Crippen LogP contribution in [0.3, 0.4) is 0 Å². The van der Waals surface area contributed by atoms with Gasteiger partial charge in [-0.15, -0.1) is 0 Å². The van der Waals surface area contributed by atoms with E-state index in [1.807, 2.05) is 81.5 Å². The van der Waals surface area contributed by atoms with E-state index in [2.05, 4.69) is 17.2 Å². The molecule has 0 fully saturated rings. The van der Waals surface area contributed by atoms with Crippen molar-refractivity contribution in [3.8, 4) is 0 Å². The fourth-order valence-corrected chi connectivity index (χ4v) is 1.72. The second-order valence-electron chi connectivity index (χ2n) is 4.42. The first-order valence-corrected chi connectivity index (χ1v) is 7.12. The van der Waals surface area contributed by atoms with Gasteiger partial charge in [0.2, 0.25) is 0 Å². The predicted octanol–water partition coefficient (Wildman–Crippen LogP) is 5.64. The van der Waals surface area contributed by atoms with Crippen molar-refractivity contribution in [3.63, 3.8) is 0 Å². The Labute approximate surface area is 128 Å². The number of nitrogens with one attached hydrogen (secondary N) is 2. The van der Waals surface area contributed by atoms with Crippen molar-refractivity contribution in [3.05, 3.63) is 84.8 Å². The van der Waals surface area contributed by atoms with Gasteiger partial charge in [-0.25, -0.2) is 0 Å². The summed E-state index contributed by atoms with van der Waals surface area (Å²) in [5.41, 5.74) is 4.14. The molecule has 0 aliphatic rings. The normalized spacial score (nSPS) is 12.9. The minimum absolute atomic E-state index is 0.969. The maximum absolute atomic E-state index is 3.81. The van der Waals surface area contributed by atoms with E-state index in [0.29, 0.717) is 0 Å². The van der Waals surface area contributed by atoms with Gasteiger partial charge in [0.15, 0.2) is 0 Å². The summed E-state index contributed by atoms with van der Waals surface area (Å²) < 4.78 is 0. The Morgan fingerprint density at radius 2 is 1.48 bits per heavy atom. The van der Waals surface area contributed by atoms with E-state index < -0.39 is 0 Å². The maximum Gasteiger partial charge on any atom is 0.0385 e. The molecule has 1 aromatic carbocycles. The number of hydrogen-bond donors (Lipinski definition) is 2. The molecule has 0 aromatic heterocycles. The van der Waals surface area contributed by atoms with Crippen LogP contribution in [0.2, 0.25) is 0 Å². The van der Waals surface area contributed by atoms with Gasteiger partial charge >= 0.3 is 0 Å². The molecule has 1 aromatic rings. The second kappa shape index (κ2) is 9.43. The van der Waals surface area contributed by atoms with Crippen LogP contribution in [0.5, 0.6) is 0 Å². The van der Waals surface area contributed by atoms with E-state index in [4.69, 9.17) is 0 Å². The van der Waals surface area contributed by atoms with Gasteiger partial charge < -0.3 is 10.6 Å². The minimum atomic E-state index is 0.969. The van der Waals surface area contributed by atoms with E-state index in [1.54, 1.807) is 6.08 Å². The summed E-state index contributed by atoms with van der Waals surface area (Å²) in [7, 11) is 0. The van der Waals surface area contributed by atoms with Gasteiger partial charge in [-0.3, -0.25) is 0 Å². The lowest BCUT2D eigenvalue weighted by molar-refractivity contribution is 1.42. The Balaban J connectivity index is 2.76. The van der Waals surface area contributed by atoms with E-state index >= 15 is 0 Å². The molecule has 0 saturated carbocycles. The van der Waals surface area contributed by atoms with Gasteiger partial charge in [0.1, 0.15) is 0 Å². The van der Waals surface area contributed by atoms with Crippen molar-refractivity contribution in [1.82, 2.24) is 0 Å². The SMILES string of the molecule is C=C/C(=C\C=C/C)Nc1ccc(NC(/C=C\C)=C/C)cc1. The third-order valence-corrected chi connectivity index (χ3v) is 2.81. The molecule has 110 valence electrons. The van der Waals surface area contributed by atoms with Crippen LogP contribution in [-0.4, -0.2) is 0 Å². The van der Waals surface area contributed by atoms with Crippen LogP contribution in [-0.2, 0) is 0 Å². The van der Waals surface area contributed by atoms with Crippen molar-refractivity contribution < 1.29 is 0 Å². The first-order chi connectivity index (χ1) is 10.2. The molecule has 0 spiro atoms. The van der Waals surface area contributed by atoms with Gasteiger partial charge in [-0.1, -0.05) is 30.9 Å². The first kappa shape index (κ1) is 16.6. The minimum Gasteiger partial charge on any atom is -0.356 e. The molecular formula is C19H24N2. The summed E-state index contributed by atoms with van der Waals surface area (Å²) in [5, 5.41) is 6.68. The zero-order valence-corrected chi connectivity index (χ0v) is 13.1. The largest absolute Gasteiger partial charge is 0.356 e. The number of allylic oxidation sites excluding steroid dienone is 7. The Hall–Kier alpha value is -2.48. The van der Waals surface area contributed by atoms with Crippen LogP contribution in [0.25, 0.3) is 0 Å². The Bertz CT molecular complexity index is 558. The highest BCUT2D eigenvalue weighted by atomic mass is 14.9. The van der Waals surface area contributed by atoms with Gasteiger partial charge in [0.05, 0.1) is 0 Å². The highest BCUT2D eigenvalue weighted by Gasteiger charge is 1.96. The molecule has 0 saturated heterocycles. The molecule has 0 radical (unpaired) electrons. The highest BCUT2D eigenvalue weighted by Crippen LogP contribution is 2.17. The molecule has 21 heavy (non-hydrogen) atoms. The van der Waals surface area contributed by atoms with Crippen LogP contribution in [0, 0.1) is 0 Å². The number of benzene rings is 1. The number of hydrogen-bond acceptors (Lipinski definition) is 2. The fourth-order valence-electron chi connectivity index (χ4n) is 1.72. The third kappa shape index (κ3) is 6.00. The lowest BCUT2D eigenvalue weighted by Crippen LogP contribution is -1.98.